The first kappa shape index (κ1) is 12.7. The number of benzene rings is 2. The summed E-state index contributed by atoms with van der Waals surface area (Å²) in [7, 11) is 0. The Morgan fingerprint density at radius 1 is 0.889 bits per heavy atom. The first-order chi connectivity index (χ1) is 8.79. The van der Waals surface area contributed by atoms with Gasteiger partial charge in [0.2, 0.25) is 0 Å². The molecule has 94 valence electrons. The van der Waals surface area contributed by atoms with Crippen LogP contribution in [0.3, 0.4) is 0 Å². The van der Waals surface area contributed by atoms with Crippen LogP contribution in [0.2, 0.25) is 0 Å². The smallest absolute Gasteiger partial charge is 0.127 e. The van der Waals surface area contributed by atoms with Gasteiger partial charge in [0.1, 0.15) is 5.82 Å². The first-order valence-corrected chi connectivity index (χ1v) is 6.01. The fraction of sp³-hybridized carbons (Fsp3) is 0.200. The third kappa shape index (κ3) is 3.39. The van der Waals surface area contributed by atoms with Crippen LogP contribution in [0.15, 0.2) is 48.5 Å². The van der Waals surface area contributed by atoms with Crippen molar-refractivity contribution in [3.63, 3.8) is 0 Å². The van der Waals surface area contributed by atoms with Gasteiger partial charge in [-0.05, 0) is 17.2 Å². The molecular weight excluding hydrogens is 227 g/mol. The number of hydrogen-bond acceptors (Lipinski definition) is 2. The van der Waals surface area contributed by atoms with Crippen molar-refractivity contribution in [3.05, 3.63) is 71.0 Å². The highest BCUT2D eigenvalue weighted by Crippen LogP contribution is 2.07. The molecule has 0 bridgehead atoms. The van der Waals surface area contributed by atoms with Gasteiger partial charge in [-0.3, -0.25) is 0 Å². The van der Waals surface area contributed by atoms with E-state index in [1.165, 1.54) is 11.6 Å². The third-order valence-corrected chi connectivity index (χ3v) is 2.86. The Morgan fingerprint density at radius 2 is 1.56 bits per heavy atom. The van der Waals surface area contributed by atoms with Crippen LogP contribution in [0.4, 0.5) is 4.39 Å². The van der Waals surface area contributed by atoms with Gasteiger partial charge in [-0.2, -0.15) is 0 Å². The zero-order valence-electron chi connectivity index (χ0n) is 10.2. The van der Waals surface area contributed by atoms with E-state index in [1.807, 2.05) is 30.3 Å². The number of nitrogens with one attached hydrogen (secondary N) is 1. The maximum absolute atomic E-state index is 13.4. The summed E-state index contributed by atoms with van der Waals surface area (Å²) < 4.78 is 13.4. The highest BCUT2D eigenvalue weighted by Gasteiger charge is 1.99. The van der Waals surface area contributed by atoms with E-state index in [0.29, 0.717) is 18.7 Å². The Bertz CT molecular complexity index is 494. The Morgan fingerprint density at radius 3 is 2.22 bits per heavy atom. The fourth-order valence-corrected chi connectivity index (χ4v) is 1.78. The standard InChI is InChI=1S/C15H17FN2/c16-15-4-2-1-3-14(15)11-18-10-13-7-5-12(9-17)6-8-13/h1-8,18H,9-11,17H2. The maximum atomic E-state index is 13.4. The molecule has 2 nitrogen and oxygen atoms in total. The molecule has 0 aliphatic carbocycles. The largest absolute Gasteiger partial charge is 0.326 e. The summed E-state index contributed by atoms with van der Waals surface area (Å²) in [6, 6.07) is 14.9. The molecule has 0 unspecified atom stereocenters. The van der Waals surface area contributed by atoms with Gasteiger partial charge in [0, 0.05) is 25.2 Å². The minimum absolute atomic E-state index is 0.163. The topological polar surface area (TPSA) is 38.0 Å². The Hall–Kier alpha value is -1.71. The van der Waals surface area contributed by atoms with Crippen LogP contribution < -0.4 is 11.1 Å². The summed E-state index contributed by atoms with van der Waals surface area (Å²) in [5.74, 6) is -0.163. The summed E-state index contributed by atoms with van der Waals surface area (Å²) in [5, 5.41) is 3.23. The molecule has 0 heterocycles. The van der Waals surface area contributed by atoms with Gasteiger partial charge in [-0.15, -0.1) is 0 Å². The number of rotatable bonds is 5. The van der Waals surface area contributed by atoms with Gasteiger partial charge in [0.05, 0.1) is 0 Å². The second-order valence-corrected chi connectivity index (χ2v) is 4.22. The van der Waals surface area contributed by atoms with Gasteiger partial charge in [-0.25, -0.2) is 4.39 Å². The van der Waals surface area contributed by atoms with Crippen LogP contribution in [0.25, 0.3) is 0 Å². The minimum atomic E-state index is -0.163. The van der Waals surface area contributed by atoms with Crippen molar-refractivity contribution in [1.29, 1.82) is 0 Å². The molecule has 2 rings (SSSR count). The van der Waals surface area contributed by atoms with Crippen molar-refractivity contribution in [2.45, 2.75) is 19.6 Å². The molecule has 0 amide bonds. The summed E-state index contributed by atoms with van der Waals surface area (Å²) in [5.41, 5.74) is 8.51. The summed E-state index contributed by atoms with van der Waals surface area (Å²) >= 11 is 0. The predicted molar refractivity (Wildman–Crippen MR) is 71.3 cm³/mol. The van der Waals surface area contributed by atoms with Crippen LogP contribution in [0.1, 0.15) is 16.7 Å². The fourth-order valence-electron chi connectivity index (χ4n) is 1.78. The molecule has 3 N–H and O–H groups in total. The first-order valence-electron chi connectivity index (χ1n) is 6.01. The van der Waals surface area contributed by atoms with E-state index < -0.39 is 0 Å². The molecule has 0 aliphatic rings. The molecule has 3 heteroatoms. The van der Waals surface area contributed by atoms with E-state index in [9.17, 15) is 4.39 Å². The van der Waals surface area contributed by atoms with Crippen molar-refractivity contribution < 1.29 is 4.39 Å². The van der Waals surface area contributed by atoms with Crippen molar-refractivity contribution >= 4 is 0 Å². The Labute approximate surface area is 107 Å². The number of hydrogen-bond donors (Lipinski definition) is 2. The number of halogens is 1. The van der Waals surface area contributed by atoms with Crippen LogP contribution >= 0.6 is 0 Å². The van der Waals surface area contributed by atoms with E-state index in [0.717, 1.165) is 12.1 Å². The van der Waals surface area contributed by atoms with Gasteiger partial charge in [-0.1, -0.05) is 42.5 Å². The van der Waals surface area contributed by atoms with E-state index in [4.69, 9.17) is 5.73 Å². The molecule has 18 heavy (non-hydrogen) atoms. The molecule has 2 aromatic carbocycles. The lowest BCUT2D eigenvalue weighted by molar-refractivity contribution is 0.588. The predicted octanol–water partition coefficient (Wildman–Crippen LogP) is 2.57. The second kappa shape index (κ2) is 6.28. The Kier molecular flexibility index (Phi) is 4.45. The third-order valence-electron chi connectivity index (χ3n) is 2.86. The minimum Gasteiger partial charge on any atom is -0.326 e. The quantitative estimate of drug-likeness (QED) is 0.848. The highest BCUT2D eigenvalue weighted by molar-refractivity contribution is 5.22. The Balaban J connectivity index is 1.86. The van der Waals surface area contributed by atoms with Gasteiger partial charge in [0.25, 0.3) is 0 Å². The van der Waals surface area contributed by atoms with E-state index in [2.05, 4.69) is 5.32 Å². The summed E-state index contributed by atoms with van der Waals surface area (Å²) in [4.78, 5) is 0. The zero-order valence-corrected chi connectivity index (χ0v) is 10.2. The van der Waals surface area contributed by atoms with Gasteiger partial charge >= 0.3 is 0 Å². The van der Waals surface area contributed by atoms with E-state index in [-0.39, 0.29) is 5.82 Å². The molecule has 0 aromatic heterocycles. The van der Waals surface area contributed by atoms with Gasteiger partial charge < -0.3 is 11.1 Å². The van der Waals surface area contributed by atoms with E-state index >= 15 is 0 Å². The van der Waals surface area contributed by atoms with Gasteiger partial charge in [0.15, 0.2) is 0 Å². The lowest BCUT2D eigenvalue weighted by Gasteiger charge is -2.06. The average Bonchev–Trinajstić information content (AvgIpc) is 2.42. The molecule has 0 aliphatic heterocycles. The van der Waals surface area contributed by atoms with E-state index in [1.54, 1.807) is 12.1 Å². The summed E-state index contributed by atoms with van der Waals surface area (Å²) in [6.45, 7) is 1.81. The van der Waals surface area contributed by atoms with Crippen LogP contribution in [-0.2, 0) is 19.6 Å². The molecule has 0 saturated carbocycles. The van der Waals surface area contributed by atoms with Crippen molar-refractivity contribution in [2.75, 3.05) is 0 Å². The molecule has 0 saturated heterocycles. The lowest BCUT2D eigenvalue weighted by atomic mass is 10.1. The normalized spacial score (nSPS) is 10.6. The SMILES string of the molecule is NCc1ccc(CNCc2ccccc2F)cc1. The molecular formula is C15H17FN2. The van der Waals surface area contributed by atoms with Crippen molar-refractivity contribution in [3.8, 4) is 0 Å². The second-order valence-electron chi connectivity index (χ2n) is 4.22. The average molecular weight is 244 g/mol. The van der Waals surface area contributed by atoms with Crippen LogP contribution in [0.5, 0.6) is 0 Å². The molecule has 0 atom stereocenters. The zero-order chi connectivity index (χ0) is 12.8. The van der Waals surface area contributed by atoms with Crippen LogP contribution in [0, 0.1) is 5.82 Å². The number of nitrogens with two attached hydrogens (primary N) is 1. The molecule has 2 aromatic rings. The highest BCUT2D eigenvalue weighted by atomic mass is 19.1. The summed E-state index contributed by atoms with van der Waals surface area (Å²) in [6.07, 6.45) is 0. The maximum Gasteiger partial charge on any atom is 0.127 e. The monoisotopic (exact) mass is 244 g/mol. The molecule has 0 fully saturated rings. The van der Waals surface area contributed by atoms with Crippen molar-refractivity contribution in [2.24, 2.45) is 5.73 Å². The van der Waals surface area contributed by atoms with Crippen molar-refractivity contribution in [1.82, 2.24) is 5.32 Å². The molecule has 0 spiro atoms. The lowest BCUT2D eigenvalue weighted by Crippen LogP contribution is -2.13. The van der Waals surface area contributed by atoms with Crippen LogP contribution in [-0.4, -0.2) is 0 Å². The molecule has 0 radical (unpaired) electrons.